The number of hydrogen-bond acceptors (Lipinski definition) is 4. The summed E-state index contributed by atoms with van der Waals surface area (Å²) in [6, 6.07) is 1.44. The summed E-state index contributed by atoms with van der Waals surface area (Å²) in [6.07, 6.45) is -6.11. The SMILES string of the molecule is CCOC(=O)c1sc(NC(=O)CC(F)(F)F)cc1C. The zero-order valence-electron chi connectivity index (χ0n) is 10.3. The number of aryl methyl sites for hydroxylation is 1. The van der Waals surface area contributed by atoms with Crippen molar-refractivity contribution in [3.63, 3.8) is 0 Å². The standard InChI is InChI=1S/C11H12F3NO3S/c1-3-18-10(17)9-6(2)4-8(19-9)15-7(16)5-11(12,13)14/h4H,3,5H2,1-2H3,(H,15,16). The molecular formula is C11H12F3NO3S. The Balaban J connectivity index is 2.74. The van der Waals surface area contributed by atoms with Gasteiger partial charge >= 0.3 is 12.1 Å². The van der Waals surface area contributed by atoms with Gasteiger partial charge in [-0.2, -0.15) is 13.2 Å². The number of thiophene rings is 1. The minimum atomic E-state index is -4.56. The first-order valence-corrected chi connectivity index (χ1v) is 6.18. The highest BCUT2D eigenvalue weighted by molar-refractivity contribution is 7.18. The van der Waals surface area contributed by atoms with E-state index in [9.17, 15) is 22.8 Å². The molecule has 0 radical (unpaired) electrons. The third-order valence-corrected chi connectivity index (χ3v) is 3.13. The first-order valence-electron chi connectivity index (χ1n) is 5.37. The fraction of sp³-hybridized carbons (Fsp3) is 0.455. The molecule has 0 saturated carbocycles. The molecule has 1 aromatic rings. The predicted octanol–water partition coefficient (Wildman–Crippen LogP) is 3.12. The second kappa shape index (κ2) is 6.05. The van der Waals surface area contributed by atoms with Crippen molar-refractivity contribution in [1.29, 1.82) is 0 Å². The van der Waals surface area contributed by atoms with Gasteiger partial charge in [0.15, 0.2) is 0 Å². The second-order valence-corrected chi connectivity index (χ2v) is 4.74. The van der Waals surface area contributed by atoms with Gasteiger partial charge in [-0.05, 0) is 25.5 Å². The van der Waals surface area contributed by atoms with Crippen molar-refractivity contribution in [2.24, 2.45) is 0 Å². The molecule has 8 heteroatoms. The molecule has 0 aliphatic heterocycles. The molecule has 0 atom stereocenters. The number of carbonyl (C=O) groups is 2. The van der Waals surface area contributed by atoms with Gasteiger partial charge in [0.25, 0.3) is 0 Å². The van der Waals surface area contributed by atoms with E-state index in [2.05, 4.69) is 5.32 Å². The Hall–Kier alpha value is -1.57. The topological polar surface area (TPSA) is 55.4 Å². The van der Waals surface area contributed by atoms with Crippen LogP contribution in [0.2, 0.25) is 0 Å². The van der Waals surface area contributed by atoms with E-state index in [-0.39, 0.29) is 16.5 Å². The Morgan fingerprint density at radius 1 is 1.42 bits per heavy atom. The van der Waals surface area contributed by atoms with Crippen molar-refractivity contribution in [1.82, 2.24) is 0 Å². The van der Waals surface area contributed by atoms with Crippen LogP contribution >= 0.6 is 11.3 Å². The molecule has 0 aliphatic carbocycles. The quantitative estimate of drug-likeness (QED) is 0.868. The van der Waals surface area contributed by atoms with Crippen molar-refractivity contribution < 1.29 is 27.5 Å². The molecule has 1 heterocycles. The lowest BCUT2D eigenvalue weighted by Gasteiger charge is -2.05. The maximum Gasteiger partial charge on any atom is 0.397 e. The van der Waals surface area contributed by atoms with Crippen molar-refractivity contribution in [3.05, 3.63) is 16.5 Å². The monoisotopic (exact) mass is 295 g/mol. The molecule has 1 amide bonds. The van der Waals surface area contributed by atoms with Gasteiger partial charge in [0.1, 0.15) is 11.3 Å². The Kier molecular flexibility index (Phi) is 4.93. The van der Waals surface area contributed by atoms with E-state index in [0.29, 0.717) is 5.56 Å². The van der Waals surface area contributed by atoms with Crippen LogP contribution in [0, 0.1) is 6.92 Å². The van der Waals surface area contributed by atoms with E-state index in [1.54, 1.807) is 13.8 Å². The first-order chi connectivity index (χ1) is 8.73. The van der Waals surface area contributed by atoms with Crippen molar-refractivity contribution >= 4 is 28.2 Å². The van der Waals surface area contributed by atoms with Crippen LogP contribution in [0.3, 0.4) is 0 Å². The van der Waals surface area contributed by atoms with Crippen LogP contribution < -0.4 is 5.32 Å². The van der Waals surface area contributed by atoms with Gasteiger partial charge in [0, 0.05) is 0 Å². The van der Waals surface area contributed by atoms with E-state index in [4.69, 9.17) is 4.74 Å². The summed E-state index contributed by atoms with van der Waals surface area (Å²) in [5, 5.41) is 2.30. The number of hydrogen-bond donors (Lipinski definition) is 1. The minimum absolute atomic E-state index is 0.190. The molecule has 4 nitrogen and oxygen atoms in total. The van der Waals surface area contributed by atoms with Crippen LogP contribution in [-0.2, 0) is 9.53 Å². The zero-order chi connectivity index (χ0) is 14.6. The maximum atomic E-state index is 12.0. The van der Waals surface area contributed by atoms with Crippen LogP contribution in [0.25, 0.3) is 0 Å². The van der Waals surface area contributed by atoms with E-state index in [1.165, 1.54) is 6.07 Å². The van der Waals surface area contributed by atoms with Crippen LogP contribution in [-0.4, -0.2) is 24.7 Å². The fourth-order valence-electron chi connectivity index (χ4n) is 1.31. The van der Waals surface area contributed by atoms with Crippen molar-refractivity contribution in [2.75, 3.05) is 11.9 Å². The summed E-state index contributed by atoms with van der Waals surface area (Å²) in [6.45, 7) is 3.46. The third-order valence-electron chi connectivity index (χ3n) is 2.00. The highest BCUT2D eigenvalue weighted by Crippen LogP contribution is 2.28. The minimum Gasteiger partial charge on any atom is -0.462 e. The van der Waals surface area contributed by atoms with Gasteiger partial charge in [-0.3, -0.25) is 4.79 Å². The molecule has 0 saturated heterocycles. The van der Waals surface area contributed by atoms with Gasteiger partial charge in [-0.1, -0.05) is 0 Å². The Labute approximate surface area is 111 Å². The number of nitrogens with one attached hydrogen (secondary N) is 1. The number of anilines is 1. The van der Waals surface area contributed by atoms with Crippen LogP contribution in [0.5, 0.6) is 0 Å². The Morgan fingerprint density at radius 3 is 2.58 bits per heavy atom. The number of esters is 1. The van der Waals surface area contributed by atoms with E-state index in [0.717, 1.165) is 11.3 Å². The van der Waals surface area contributed by atoms with Gasteiger partial charge < -0.3 is 10.1 Å². The second-order valence-electron chi connectivity index (χ2n) is 3.68. The smallest absolute Gasteiger partial charge is 0.397 e. The average molecular weight is 295 g/mol. The number of halogens is 3. The number of alkyl halides is 3. The molecular weight excluding hydrogens is 283 g/mol. The maximum absolute atomic E-state index is 12.0. The fourth-order valence-corrected chi connectivity index (χ4v) is 2.29. The van der Waals surface area contributed by atoms with Crippen molar-refractivity contribution in [3.8, 4) is 0 Å². The zero-order valence-corrected chi connectivity index (χ0v) is 11.1. The van der Waals surface area contributed by atoms with Crippen LogP contribution in [0.4, 0.5) is 18.2 Å². The lowest BCUT2D eigenvalue weighted by molar-refractivity contribution is -0.150. The number of ether oxygens (including phenoxy) is 1. The molecule has 1 N–H and O–H groups in total. The predicted molar refractivity (Wildman–Crippen MR) is 64.3 cm³/mol. The van der Waals surface area contributed by atoms with Gasteiger partial charge in [0.05, 0.1) is 11.6 Å². The summed E-state index contributed by atoms with van der Waals surface area (Å²) >= 11 is 0.888. The molecule has 0 unspecified atom stereocenters. The molecule has 1 aromatic heterocycles. The first kappa shape index (κ1) is 15.5. The summed E-state index contributed by atoms with van der Waals surface area (Å²) in [5.41, 5.74) is 0.547. The number of rotatable bonds is 4. The lowest BCUT2D eigenvalue weighted by Crippen LogP contribution is -2.20. The average Bonchev–Trinajstić information content (AvgIpc) is 2.56. The van der Waals surface area contributed by atoms with E-state index < -0.39 is 24.5 Å². The van der Waals surface area contributed by atoms with E-state index >= 15 is 0 Å². The van der Waals surface area contributed by atoms with Crippen LogP contribution in [0.1, 0.15) is 28.6 Å². The molecule has 0 spiro atoms. The Morgan fingerprint density at radius 2 is 2.05 bits per heavy atom. The summed E-state index contributed by atoms with van der Waals surface area (Å²) < 4.78 is 40.8. The van der Waals surface area contributed by atoms with Gasteiger partial charge in [-0.15, -0.1) is 11.3 Å². The highest BCUT2D eigenvalue weighted by atomic mass is 32.1. The summed E-state index contributed by atoms with van der Waals surface area (Å²) in [7, 11) is 0. The highest BCUT2D eigenvalue weighted by Gasteiger charge is 2.31. The Bertz CT molecular complexity index is 482. The molecule has 0 fully saturated rings. The molecule has 0 aliphatic rings. The lowest BCUT2D eigenvalue weighted by atomic mass is 10.3. The van der Waals surface area contributed by atoms with Crippen LogP contribution in [0.15, 0.2) is 6.07 Å². The largest absolute Gasteiger partial charge is 0.462 e. The summed E-state index contributed by atoms with van der Waals surface area (Å²) in [5.74, 6) is -1.72. The normalized spacial score (nSPS) is 11.2. The molecule has 106 valence electrons. The summed E-state index contributed by atoms with van der Waals surface area (Å²) in [4.78, 5) is 22.9. The van der Waals surface area contributed by atoms with E-state index in [1.807, 2.05) is 0 Å². The molecule has 1 rings (SSSR count). The number of carbonyl (C=O) groups excluding carboxylic acids is 2. The number of amides is 1. The molecule has 0 bridgehead atoms. The van der Waals surface area contributed by atoms with Gasteiger partial charge in [-0.25, -0.2) is 4.79 Å². The third kappa shape index (κ3) is 4.90. The van der Waals surface area contributed by atoms with Gasteiger partial charge in [0.2, 0.25) is 5.91 Å². The molecule has 0 aromatic carbocycles. The molecule has 19 heavy (non-hydrogen) atoms. The van der Waals surface area contributed by atoms with Crippen molar-refractivity contribution in [2.45, 2.75) is 26.4 Å².